The molecule has 1 aliphatic rings. The molecule has 0 aromatic heterocycles. The molecule has 1 aromatic rings. The Kier molecular flexibility index (Phi) is 4.38. The summed E-state index contributed by atoms with van der Waals surface area (Å²) in [6.45, 7) is 2.74. The highest BCUT2D eigenvalue weighted by Gasteiger charge is 2.45. The summed E-state index contributed by atoms with van der Waals surface area (Å²) in [6.07, 6.45) is 3.42. The molecule has 102 valence electrons. The molecule has 2 atom stereocenters. The summed E-state index contributed by atoms with van der Waals surface area (Å²) in [6, 6.07) is 12.8. The van der Waals surface area contributed by atoms with Gasteiger partial charge < -0.3 is 5.32 Å². The topological polar surface area (TPSA) is 52.9 Å². The van der Waals surface area contributed by atoms with Crippen molar-refractivity contribution >= 4 is 10.8 Å². The van der Waals surface area contributed by atoms with Gasteiger partial charge in [0.2, 0.25) is 0 Å². The largest absolute Gasteiger partial charge is 0.313 e. The van der Waals surface area contributed by atoms with Crippen molar-refractivity contribution in [1.82, 2.24) is 5.32 Å². The third kappa shape index (κ3) is 3.05. The molecule has 19 heavy (non-hydrogen) atoms. The van der Waals surface area contributed by atoms with Crippen molar-refractivity contribution in [1.29, 1.82) is 5.26 Å². The number of benzene rings is 1. The number of nitriles is 1. The summed E-state index contributed by atoms with van der Waals surface area (Å²) in [7, 11) is -0.789. The lowest BCUT2D eigenvalue weighted by Crippen LogP contribution is -2.52. The molecule has 0 amide bonds. The first-order valence-electron chi connectivity index (χ1n) is 6.60. The molecule has 1 aromatic carbocycles. The van der Waals surface area contributed by atoms with Crippen LogP contribution in [0.4, 0.5) is 0 Å². The molecule has 4 heteroatoms. The minimum Gasteiger partial charge on any atom is -0.313 e. The van der Waals surface area contributed by atoms with Crippen molar-refractivity contribution in [3.8, 4) is 6.07 Å². The van der Waals surface area contributed by atoms with E-state index in [0.29, 0.717) is 6.04 Å². The molecule has 1 N–H and O–H groups in total. The van der Waals surface area contributed by atoms with E-state index in [1.807, 2.05) is 37.3 Å². The van der Waals surface area contributed by atoms with E-state index in [1.54, 1.807) is 6.26 Å². The zero-order valence-electron chi connectivity index (χ0n) is 11.4. The van der Waals surface area contributed by atoms with Crippen molar-refractivity contribution in [3.05, 3.63) is 35.9 Å². The van der Waals surface area contributed by atoms with Gasteiger partial charge in [0.25, 0.3) is 0 Å². The number of nitrogens with one attached hydrogen (secondary N) is 1. The van der Waals surface area contributed by atoms with Gasteiger partial charge in [-0.15, -0.1) is 0 Å². The molecule has 1 fully saturated rings. The number of hydrogen-bond acceptors (Lipinski definition) is 3. The molecule has 0 saturated heterocycles. The van der Waals surface area contributed by atoms with E-state index >= 15 is 0 Å². The number of hydrogen-bond donors (Lipinski definition) is 1. The SMILES string of the molecule is CC(CNC1CC(C#N)(c2ccccc2)C1)S(C)=O. The minimum atomic E-state index is -0.789. The Morgan fingerprint density at radius 2 is 2.11 bits per heavy atom. The second kappa shape index (κ2) is 5.85. The van der Waals surface area contributed by atoms with E-state index in [1.165, 1.54) is 0 Å². The van der Waals surface area contributed by atoms with Crippen LogP contribution in [0.3, 0.4) is 0 Å². The predicted octanol–water partition coefficient (Wildman–Crippen LogP) is 1.97. The quantitative estimate of drug-likeness (QED) is 0.894. The average Bonchev–Trinajstić information content (AvgIpc) is 2.38. The van der Waals surface area contributed by atoms with Gasteiger partial charge in [-0.2, -0.15) is 5.26 Å². The van der Waals surface area contributed by atoms with Gasteiger partial charge in [-0.05, 0) is 25.3 Å². The van der Waals surface area contributed by atoms with Crippen molar-refractivity contribution in [2.75, 3.05) is 12.8 Å². The summed E-state index contributed by atoms with van der Waals surface area (Å²) in [5.74, 6) is 0. The van der Waals surface area contributed by atoms with Gasteiger partial charge in [-0.1, -0.05) is 30.3 Å². The zero-order chi connectivity index (χ0) is 13.9. The summed E-state index contributed by atoms with van der Waals surface area (Å²) in [5.41, 5.74) is 0.788. The van der Waals surface area contributed by atoms with Crippen LogP contribution in [0.25, 0.3) is 0 Å². The molecule has 0 aliphatic heterocycles. The minimum absolute atomic E-state index is 0.161. The fraction of sp³-hybridized carbons (Fsp3) is 0.533. The van der Waals surface area contributed by atoms with E-state index in [2.05, 4.69) is 11.4 Å². The Balaban J connectivity index is 1.90. The van der Waals surface area contributed by atoms with Crippen molar-refractivity contribution in [2.24, 2.45) is 0 Å². The fourth-order valence-corrected chi connectivity index (χ4v) is 2.86. The molecule has 0 radical (unpaired) electrons. The Morgan fingerprint density at radius 1 is 1.47 bits per heavy atom. The van der Waals surface area contributed by atoms with Crippen LogP contribution in [0.1, 0.15) is 25.3 Å². The average molecular weight is 276 g/mol. The maximum Gasteiger partial charge on any atom is 0.0852 e. The van der Waals surface area contributed by atoms with Gasteiger partial charge >= 0.3 is 0 Å². The van der Waals surface area contributed by atoms with Crippen molar-refractivity contribution < 1.29 is 4.21 Å². The highest BCUT2D eigenvalue weighted by Crippen LogP contribution is 2.43. The maximum atomic E-state index is 11.3. The molecular formula is C15H20N2OS. The predicted molar refractivity (Wildman–Crippen MR) is 78.3 cm³/mol. The first-order valence-corrected chi connectivity index (χ1v) is 8.22. The molecule has 1 saturated carbocycles. The van der Waals surface area contributed by atoms with E-state index in [9.17, 15) is 9.47 Å². The van der Waals surface area contributed by atoms with E-state index < -0.39 is 10.8 Å². The summed E-state index contributed by atoms with van der Waals surface area (Å²) in [4.78, 5) is 0. The summed E-state index contributed by atoms with van der Waals surface area (Å²) < 4.78 is 11.3. The molecular weight excluding hydrogens is 256 g/mol. The number of nitrogens with zero attached hydrogens (tertiary/aromatic N) is 1. The molecule has 2 rings (SSSR count). The van der Waals surface area contributed by atoms with Gasteiger partial charge in [0.1, 0.15) is 0 Å². The van der Waals surface area contributed by atoms with E-state index in [4.69, 9.17) is 0 Å². The zero-order valence-corrected chi connectivity index (χ0v) is 12.2. The van der Waals surface area contributed by atoms with Gasteiger partial charge in [0, 0.05) is 34.9 Å². The molecule has 0 heterocycles. The van der Waals surface area contributed by atoms with E-state index in [0.717, 1.165) is 24.9 Å². The van der Waals surface area contributed by atoms with E-state index in [-0.39, 0.29) is 10.7 Å². The maximum absolute atomic E-state index is 11.3. The molecule has 2 unspecified atom stereocenters. The third-order valence-electron chi connectivity index (χ3n) is 3.99. The van der Waals surface area contributed by atoms with Gasteiger partial charge in [0.15, 0.2) is 0 Å². The fourth-order valence-electron chi connectivity index (χ4n) is 2.52. The standard InChI is InChI=1S/C15H20N2OS/c1-12(19(2)18)10-17-14-8-15(9-14,11-16)13-6-4-3-5-7-13/h3-7,12,14,17H,8-10H2,1-2H3. The second-order valence-corrected chi connectivity index (χ2v) is 7.18. The van der Waals surface area contributed by atoms with Gasteiger partial charge in [-0.3, -0.25) is 4.21 Å². The van der Waals surface area contributed by atoms with Crippen LogP contribution in [0.15, 0.2) is 30.3 Å². The smallest absolute Gasteiger partial charge is 0.0852 e. The second-order valence-electron chi connectivity index (χ2n) is 5.38. The Bertz CT molecular complexity index is 489. The summed E-state index contributed by atoms with van der Waals surface area (Å²) >= 11 is 0. The summed E-state index contributed by atoms with van der Waals surface area (Å²) in [5, 5.41) is 13.0. The normalized spacial score (nSPS) is 29.0. The van der Waals surface area contributed by atoms with Crippen LogP contribution in [-0.4, -0.2) is 28.3 Å². The molecule has 0 spiro atoms. The van der Waals surface area contributed by atoms with Gasteiger partial charge in [-0.25, -0.2) is 0 Å². The van der Waals surface area contributed by atoms with Gasteiger partial charge in [0.05, 0.1) is 11.5 Å². The number of rotatable bonds is 5. The third-order valence-corrected chi connectivity index (χ3v) is 5.29. The lowest BCUT2D eigenvalue weighted by Gasteiger charge is -2.43. The first kappa shape index (κ1) is 14.2. The highest BCUT2D eigenvalue weighted by atomic mass is 32.2. The Morgan fingerprint density at radius 3 is 2.63 bits per heavy atom. The Labute approximate surface area is 117 Å². The van der Waals surface area contributed by atoms with Crippen LogP contribution in [0.2, 0.25) is 0 Å². The molecule has 1 aliphatic carbocycles. The molecule has 3 nitrogen and oxygen atoms in total. The van der Waals surface area contributed by atoms with Crippen LogP contribution < -0.4 is 5.32 Å². The van der Waals surface area contributed by atoms with Crippen molar-refractivity contribution in [2.45, 2.75) is 36.5 Å². The van der Waals surface area contributed by atoms with Crippen LogP contribution in [-0.2, 0) is 16.2 Å². The van der Waals surface area contributed by atoms with Crippen LogP contribution >= 0.6 is 0 Å². The lowest BCUT2D eigenvalue weighted by atomic mass is 9.62. The Hall–Kier alpha value is -1.18. The monoisotopic (exact) mass is 276 g/mol. The van der Waals surface area contributed by atoms with Crippen molar-refractivity contribution in [3.63, 3.8) is 0 Å². The highest BCUT2D eigenvalue weighted by molar-refractivity contribution is 7.84. The first-order chi connectivity index (χ1) is 9.07. The lowest BCUT2D eigenvalue weighted by molar-refractivity contribution is 0.228. The molecule has 0 bridgehead atoms. The van der Waals surface area contributed by atoms with Crippen LogP contribution in [0, 0.1) is 11.3 Å². The van der Waals surface area contributed by atoms with Crippen LogP contribution in [0.5, 0.6) is 0 Å².